The average molecular weight is 419 g/mol. The summed E-state index contributed by atoms with van der Waals surface area (Å²) in [4.78, 5) is 20.9. The molecule has 7 heteroatoms. The number of rotatable bonds is 8. The van der Waals surface area contributed by atoms with Gasteiger partial charge in [-0.25, -0.2) is 9.18 Å². The van der Waals surface area contributed by atoms with Gasteiger partial charge in [0.05, 0.1) is 0 Å². The summed E-state index contributed by atoms with van der Waals surface area (Å²) in [6.07, 6.45) is 3.02. The summed E-state index contributed by atoms with van der Waals surface area (Å²) in [5.74, 6) is -0.346. The van der Waals surface area contributed by atoms with Crippen LogP contribution in [0.15, 0.2) is 41.8 Å². The van der Waals surface area contributed by atoms with Crippen LogP contribution in [0.25, 0.3) is 0 Å². The minimum absolute atomic E-state index is 0.144. The number of likely N-dealkylation sites (tertiary alicyclic amines) is 1. The van der Waals surface area contributed by atoms with E-state index in [9.17, 15) is 9.18 Å². The molecule has 0 unspecified atom stereocenters. The van der Waals surface area contributed by atoms with Crippen molar-refractivity contribution in [3.05, 3.63) is 52.5 Å². The Kier molecular flexibility index (Phi) is 8.03. The van der Waals surface area contributed by atoms with E-state index in [1.54, 1.807) is 12.1 Å². The highest BCUT2D eigenvalue weighted by molar-refractivity contribution is 7.09. The number of nitrogens with one attached hydrogen (secondary N) is 1. The highest BCUT2D eigenvalue weighted by Crippen LogP contribution is 2.20. The van der Waals surface area contributed by atoms with Gasteiger partial charge < -0.3 is 20.0 Å². The van der Waals surface area contributed by atoms with Crippen molar-refractivity contribution in [2.75, 3.05) is 52.1 Å². The molecule has 2 heterocycles. The molecule has 0 atom stereocenters. The molecule has 1 saturated heterocycles. The van der Waals surface area contributed by atoms with Gasteiger partial charge >= 0.3 is 6.03 Å². The number of carbonyl (C=O) groups excluding carboxylic acids is 1. The summed E-state index contributed by atoms with van der Waals surface area (Å²) in [7, 11) is 4.02. The predicted molar refractivity (Wildman–Crippen MR) is 118 cm³/mol. The molecular weight excluding hydrogens is 387 g/mol. The quantitative estimate of drug-likeness (QED) is 0.705. The van der Waals surface area contributed by atoms with E-state index in [0.29, 0.717) is 12.2 Å². The van der Waals surface area contributed by atoms with Crippen LogP contribution in [0.4, 0.5) is 14.9 Å². The van der Waals surface area contributed by atoms with Crippen LogP contribution in [0, 0.1) is 5.82 Å². The molecule has 0 aliphatic carbocycles. The third-order valence-corrected chi connectivity index (χ3v) is 6.31. The topological polar surface area (TPSA) is 38.8 Å². The molecule has 0 radical (unpaired) electrons. The lowest BCUT2D eigenvalue weighted by Crippen LogP contribution is -2.50. The molecule has 3 rings (SSSR count). The van der Waals surface area contributed by atoms with Crippen LogP contribution in [-0.2, 0) is 6.42 Å². The second-order valence-electron chi connectivity index (χ2n) is 7.84. The maximum absolute atomic E-state index is 13.5. The second-order valence-corrected chi connectivity index (χ2v) is 8.87. The Morgan fingerprint density at radius 2 is 2.00 bits per heavy atom. The van der Waals surface area contributed by atoms with Gasteiger partial charge in [0.1, 0.15) is 5.82 Å². The van der Waals surface area contributed by atoms with E-state index < -0.39 is 0 Å². The van der Waals surface area contributed by atoms with Crippen molar-refractivity contribution in [3.8, 4) is 0 Å². The zero-order valence-electron chi connectivity index (χ0n) is 17.3. The van der Waals surface area contributed by atoms with E-state index in [-0.39, 0.29) is 17.9 Å². The van der Waals surface area contributed by atoms with E-state index in [4.69, 9.17) is 0 Å². The molecule has 5 nitrogen and oxygen atoms in total. The number of thiophene rings is 1. The van der Waals surface area contributed by atoms with Crippen molar-refractivity contribution in [3.63, 3.8) is 0 Å². The lowest BCUT2D eigenvalue weighted by atomic mass is 10.0. The van der Waals surface area contributed by atoms with Gasteiger partial charge in [0.15, 0.2) is 0 Å². The number of hydrogen-bond donors (Lipinski definition) is 1. The lowest BCUT2D eigenvalue weighted by molar-refractivity contribution is 0.123. The maximum atomic E-state index is 13.5. The number of halogens is 1. The third-order valence-electron chi connectivity index (χ3n) is 5.38. The van der Waals surface area contributed by atoms with Crippen LogP contribution in [0.5, 0.6) is 0 Å². The van der Waals surface area contributed by atoms with E-state index in [2.05, 4.69) is 32.6 Å². The van der Waals surface area contributed by atoms with Gasteiger partial charge in [-0.15, -0.1) is 11.3 Å². The van der Waals surface area contributed by atoms with Gasteiger partial charge in [-0.3, -0.25) is 0 Å². The number of benzene rings is 1. The fraction of sp³-hybridized carbons (Fsp3) is 0.500. The Balaban J connectivity index is 1.55. The largest absolute Gasteiger partial charge is 0.322 e. The molecule has 2 amide bonds. The number of nitrogens with zero attached hydrogens (tertiary/aromatic N) is 3. The summed E-state index contributed by atoms with van der Waals surface area (Å²) >= 11 is 1.81. The van der Waals surface area contributed by atoms with Crippen molar-refractivity contribution in [1.82, 2.24) is 14.7 Å². The summed E-state index contributed by atoms with van der Waals surface area (Å²) in [6.45, 7) is 4.53. The van der Waals surface area contributed by atoms with Crippen molar-refractivity contribution in [2.45, 2.75) is 25.3 Å². The van der Waals surface area contributed by atoms with Crippen LogP contribution < -0.4 is 5.32 Å². The van der Waals surface area contributed by atoms with Crippen LogP contribution in [0.2, 0.25) is 0 Å². The average Bonchev–Trinajstić information content (AvgIpc) is 3.21. The van der Waals surface area contributed by atoms with Gasteiger partial charge in [0.2, 0.25) is 0 Å². The molecule has 1 fully saturated rings. The zero-order valence-corrected chi connectivity index (χ0v) is 18.1. The van der Waals surface area contributed by atoms with Gasteiger partial charge in [-0.2, -0.15) is 0 Å². The van der Waals surface area contributed by atoms with E-state index in [1.807, 2.05) is 30.3 Å². The number of piperidine rings is 1. The first kappa shape index (κ1) is 21.7. The lowest BCUT2D eigenvalue weighted by Gasteiger charge is -2.39. The zero-order chi connectivity index (χ0) is 20.6. The maximum Gasteiger partial charge on any atom is 0.322 e. The van der Waals surface area contributed by atoms with Crippen LogP contribution in [-0.4, -0.2) is 73.6 Å². The Hall–Kier alpha value is -1.96. The van der Waals surface area contributed by atoms with Crippen molar-refractivity contribution >= 4 is 23.1 Å². The first-order chi connectivity index (χ1) is 14.0. The molecule has 1 aromatic heterocycles. The molecule has 0 spiro atoms. The van der Waals surface area contributed by atoms with Crippen LogP contribution >= 0.6 is 11.3 Å². The molecule has 0 bridgehead atoms. The Morgan fingerprint density at radius 1 is 1.21 bits per heavy atom. The molecule has 2 aromatic rings. The Labute approximate surface area is 177 Å². The highest BCUT2D eigenvalue weighted by Gasteiger charge is 2.28. The number of amides is 2. The number of likely N-dealkylation sites (N-methyl/N-ethyl adjacent to an activating group) is 1. The molecule has 158 valence electrons. The third kappa shape index (κ3) is 6.80. The highest BCUT2D eigenvalue weighted by atomic mass is 32.1. The van der Waals surface area contributed by atoms with E-state index >= 15 is 0 Å². The SMILES string of the molecule is CN(C)CCN(C(=O)Nc1cccc(F)c1)C1CCN(CCc2cccs2)CC1. The minimum atomic E-state index is -0.346. The molecule has 0 saturated carbocycles. The van der Waals surface area contributed by atoms with E-state index in [1.165, 1.54) is 17.0 Å². The molecule has 1 aromatic carbocycles. The normalized spacial score (nSPS) is 15.6. The van der Waals surface area contributed by atoms with Gasteiger partial charge in [0, 0.05) is 49.3 Å². The first-order valence-corrected chi connectivity index (χ1v) is 11.1. The molecule has 1 N–H and O–H groups in total. The molecule has 1 aliphatic heterocycles. The van der Waals surface area contributed by atoms with Gasteiger partial charge in [-0.1, -0.05) is 12.1 Å². The predicted octanol–water partition coefficient (Wildman–Crippen LogP) is 3.99. The van der Waals surface area contributed by atoms with Crippen molar-refractivity contribution < 1.29 is 9.18 Å². The standard InChI is InChI=1S/C22H31FN4OS/c1-25(2)14-15-27(22(28)24-19-6-3-5-18(23)17-19)20-8-11-26(12-9-20)13-10-21-7-4-16-29-21/h3-7,16-17,20H,8-15H2,1-2H3,(H,24,28). The van der Waals surface area contributed by atoms with Gasteiger partial charge in [0.25, 0.3) is 0 Å². The Bertz CT molecular complexity index is 760. The fourth-order valence-corrected chi connectivity index (χ4v) is 4.40. The van der Waals surface area contributed by atoms with Crippen LogP contribution in [0.1, 0.15) is 17.7 Å². The van der Waals surface area contributed by atoms with E-state index in [0.717, 1.165) is 45.4 Å². The summed E-state index contributed by atoms with van der Waals surface area (Å²) in [5.41, 5.74) is 0.498. The van der Waals surface area contributed by atoms with Crippen LogP contribution in [0.3, 0.4) is 0 Å². The Morgan fingerprint density at radius 3 is 2.66 bits per heavy atom. The number of anilines is 1. The molecular formula is C22H31FN4OS. The first-order valence-electron chi connectivity index (χ1n) is 10.2. The summed E-state index contributed by atoms with van der Waals surface area (Å²) in [5, 5.41) is 5.00. The number of urea groups is 1. The molecule has 1 aliphatic rings. The smallest absolute Gasteiger partial charge is 0.320 e. The summed E-state index contributed by atoms with van der Waals surface area (Å²) in [6, 6.07) is 10.4. The number of hydrogen-bond acceptors (Lipinski definition) is 4. The second kappa shape index (κ2) is 10.7. The monoisotopic (exact) mass is 418 g/mol. The molecule has 29 heavy (non-hydrogen) atoms. The van der Waals surface area contributed by atoms with Crippen molar-refractivity contribution in [1.29, 1.82) is 0 Å². The number of carbonyl (C=O) groups is 1. The van der Waals surface area contributed by atoms with Crippen molar-refractivity contribution in [2.24, 2.45) is 0 Å². The van der Waals surface area contributed by atoms with Gasteiger partial charge in [-0.05, 0) is 63.0 Å². The minimum Gasteiger partial charge on any atom is -0.320 e. The summed E-state index contributed by atoms with van der Waals surface area (Å²) < 4.78 is 13.5. The fourth-order valence-electron chi connectivity index (χ4n) is 3.70.